The van der Waals surface area contributed by atoms with Crippen LogP contribution in [0, 0.1) is 0 Å². The van der Waals surface area contributed by atoms with Crippen LogP contribution in [0.1, 0.15) is 55.1 Å². The zero-order valence-electron chi connectivity index (χ0n) is 15.4. The summed E-state index contributed by atoms with van der Waals surface area (Å²) < 4.78 is 1.93. The van der Waals surface area contributed by atoms with Gasteiger partial charge in [-0.1, -0.05) is 25.0 Å². The lowest BCUT2D eigenvalue weighted by atomic mass is 10.1. The third kappa shape index (κ3) is 5.06. The first-order valence-electron chi connectivity index (χ1n) is 9.62. The average Bonchev–Trinajstić information content (AvgIpc) is 3.36. The van der Waals surface area contributed by atoms with Crippen molar-refractivity contribution < 1.29 is 4.79 Å². The molecule has 1 aromatic heterocycles. The number of nitrogens with one attached hydrogen (secondary N) is 2. The van der Waals surface area contributed by atoms with E-state index in [1.165, 1.54) is 25.7 Å². The van der Waals surface area contributed by atoms with Gasteiger partial charge in [-0.15, -0.1) is 24.2 Å². The molecule has 0 spiro atoms. The Hall–Kier alpha value is -1.50. The van der Waals surface area contributed by atoms with E-state index < -0.39 is 0 Å². The highest BCUT2D eigenvalue weighted by Gasteiger charge is 2.20. The lowest BCUT2D eigenvalue weighted by Gasteiger charge is -2.22. The summed E-state index contributed by atoms with van der Waals surface area (Å²) in [5.41, 5.74) is 1.37. The monoisotopic (exact) mass is 406 g/mol. The number of carbonyl (C=O) groups excluding carboxylic acids is 1. The number of aromatic nitrogens is 2. The Kier molecular flexibility index (Phi) is 7.21. The molecular formula is C20H27ClN4OS. The summed E-state index contributed by atoms with van der Waals surface area (Å²) in [4.78, 5) is 13.8. The molecule has 5 nitrogen and oxygen atoms in total. The number of thioether (sulfide) groups is 1. The fourth-order valence-corrected chi connectivity index (χ4v) is 5.10. The second-order valence-electron chi connectivity index (χ2n) is 7.16. The number of carbonyl (C=O) groups is 1. The number of para-hydroxylation sites is 1. The summed E-state index contributed by atoms with van der Waals surface area (Å²) in [6, 6.07) is 10.3. The Balaban J connectivity index is 0.00000210. The minimum absolute atomic E-state index is 0. The van der Waals surface area contributed by atoms with Crippen molar-refractivity contribution in [3.8, 4) is 0 Å². The van der Waals surface area contributed by atoms with Crippen LogP contribution < -0.4 is 10.6 Å². The topological polar surface area (TPSA) is 59.0 Å². The average molecular weight is 407 g/mol. The summed E-state index contributed by atoms with van der Waals surface area (Å²) >= 11 is 1.89. The van der Waals surface area contributed by atoms with E-state index in [1.54, 1.807) is 0 Å². The van der Waals surface area contributed by atoms with Gasteiger partial charge in [0.2, 0.25) is 0 Å². The third-order valence-corrected chi connectivity index (χ3v) is 6.63. The molecule has 0 radical (unpaired) electrons. The Morgan fingerprint density at radius 3 is 2.74 bits per heavy atom. The zero-order valence-corrected chi connectivity index (χ0v) is 17.0. The van der Waals surface area contributed by atoms with Gasteiger partial charge in [0.15, 0.2) is 5.69 Å². The maximum Gasteiger partial charge on any atom is 0.276 e. The minimum atomic E-state index is -0.132. The number of anilines is 1. The van der Waals surface area contributed by atoms with Crippen LogP contribution in [-0.2, 0) is 0 Å². The molecule has 7 heteroatoms. The van der Waals surface area contributed by atoms with Crippen LogP contribution in [0.15, 0.2) is 41.4 Å². The first-order valence-corrected chi connectivity index (χ1v) is 10.5. The van der Waals surface area contributed by atoms with Gasteiger partial charge in [0, 0.05) is 22.9 Å². The molecule has 2 N–H and O–H groups in total. The fraction of sp³-hybridized carbons (Fsp3) is 0.500. The maximum absolute atomic E-state index is 12.7. The second kappa shape index (κ2) is 9.62. The highest BCUT2D eigenvalue weighted by Crippen LogP contribution is 2.38. The highest BCUT2D eigenvalue weighted by molar-refractivity contribution is 8.00. The number of amides is 1. The van der Waals surface area contributed by atoms with Gasteiger partial charge < -0.3 is 10.6 Å². The van der Waals surface area contributed by atoms with E-state index in [-0.39, 0.29) is 18.3 Å². The second-order valence-corrected chi connectivity index (χ2v) is 8.50. The van der Waals surface area contributed by atoms with E-state index in [2.05, 4.69) is 21.8 Å². The molecule has 2 fully saturated rings. The number of benzene rings is 1. The predicted octanol–water partition coefficient (Wildman–Crippen LogP) is 4.52. The molecule has 2 heterocycles. The van der Waals surface area contributed by atoms with Crippen LogP contribution >= 0.6 is 24.2 Å². The number of nitrogens with zero attached hydrogens (tertiary/aromatic N) is 2. The first-order chi connectivity index (χ1) is 12.8. The van der Waals surface area contributed by atoms with E-state index in [4.69, 9.17) is 0 Å². The summed E-state index contributed by atoms with van der Waals surface area (Å²) in [5, 5.41) is 11.6. The van der Waals surface area contributed by atoms with Crippen molar-refractivity contribution in [3.05, 3.63) is 42.2 Å². The molecular weight excluding hydrogens is 380 g/mol. The van der Waals surface area contributed by atoms with Crippen LogP contribution in [0.2, 0.25) is 0 Å². The largest absolute Gasteiger partial charge is 0.320 e. The molecule has 1 saturated carbocycles. The van der Waals surface area contributed by atoms with E-state index in [0.29, 0.717) is 17.0 Å². The number of hydrogen-bond acceptors (Lipinski definition) is 4. The maximum atomic E-state index is 12.7. The van der Waals surface area contributed by atoms with Gasteiger partial charge in [0.25, 0.3) is 5.91 Å². The summed E-state index contributed by atoms with van der Waals surface area (Å²) in [6.07, 6.45) is 9.36. The van der Waals surface area contributed by atoms with Gasteiger partial charge in [-0.25, -0.2) is 0 Å². The lowest BCUT2D eigenvalue weighted by Crippen LogP contribution is -2.32. The van der Waals surface area contributed by atoms with Gasteiger partial charge in [-0.2, -0.15) is 5.10 Å². The Bertz CT molecular complexity index is 754. The van der Waals surface area contributed by atoms with Gasteiger partial charge in [0.1, 0.15) is 0 Å². The highest BCUT2D eigenvalue weighted by atomic mass is 35.5. The Morgan fingerprint density at radius 1 is 1.15 bits per heavy atom. The number of halogens is 1. The molecule has 1 amide bonds. The van der Waals surface area contributed by atoms with Crippen molar-refractivity contribution in [1.29, 1.82) is 0 Å². The molecule has 27 heavy (non-hydrogen) atoms. The lowest BCUT2D eigenvalue weighted by molar-refractivity contribution is 0.102. The number of rotatable bonds is 5. The van der Waals surface area contributed by atoms with E-state index in [9.17, 15) is 4.79 Å². The SMILES string of the molecule is Cl.O=C(Nc1ccccc1SC1CCCC1)c1ccn(C2CCCNC2)n1. The van der Waals surface area contributed by atoms with Crippen LogP contribution in [0.5, 0.6) is 0 Å². The van der Waals surface area contributed by atoms with Crippen molar-refractivity contribution in [2.75, 3.05) is 18.4 Å². The van der Waals surface area contributed by atoms with Crippen LogP contribution in [0.3, 0.4) is 0 Å². The Morgan fingerprint density at radius 2 is 1.96 bits per heavy atom. The number of hydrogen-bond donors (Lipinski definition) is 2. The van der Waals surface area contributed by atoms with Crippen LogP contribution in [0.25, 0.3) is 0 Å². The first kappa shape index (κ1) is 20.2. The standard InChI is InChI=1S/C20H26N4OS.ClH/c25-20(18-11-13-24(23-18)15-6-5-12-21-14-15)22-17-9-3-4-10-19(17)26-16-7-1-2-8-16;/h3-4,9-11,13,15-16,21H,1-2,5-8,12,14H2,(H,22,25);1H. The molecule has 2 aromatic rings. The molecule has 1 aliphatic heterocycles. The molecule has 1 aromatic carbocycles. The van der Waals surface area contributed by atoms with Crippen molar-refractivity contribution in [2.45, 2.75) is 54.7 Å². The summed E-state index contributed by atoms with van der Waals surface area (Å²) in [6.45, 7) is 1.99. The molecule has 1 saturated heterocycles. The quantitative estimate of drug-likeness (QED) is 0.766. The molecule has 0 bridgehead atoms. The molecule has 4 rings (SSSR count). The predicted molar refractivity (Wildman–Crippen MR) is 113 cm³/mol. The molecule has 146 valence electrons. The molecule has 1 aliphatic carbocycles. The smallest absolute Gasteiger partial charge is 0.276 e. The molecule has 2 aliphatic rings. The van der Waals surface area contributed by atoms with Crippen molar-refractivity contribution in [1.82, 2.24) is 15.1 Å². The normalized spacial score (nSPS) is 20.2. The fourth-order valence-electron chi connectivity index (χ4n) is 3.77. The molecule has 1 atom stereocenters. The van der Waals surface area contributed by atoms with Crippen LogP contribution in [-0.4, -0.2) is 34.0 Å². The zero-order chi connectivity index (χ0) is 17.8. The van der Waals surface area contributed by atoms with Crippen molar-refractivity contribution in [2.24, 2.45) is 0 Å². The van der Waals surface area contributed by atoms with Crippen LogP contribution in [0.4, 0.5) is 5.69 Å². The van der Waals surface area contributed by atoms with Crippen molar-refractivity contribution in [3.63, 3.8) is 0 Å². The van der Waals surface area contributed by atoms with E-state index in [1.807, 2.05) is 46.9 Å². The Labute approximate surface area is 171 Å². The van der Waals surface area contributed by atoms with Gasteiger partial charge in [-0.3, -0.25) is 9.48 Å². The van der Waals surface area contributed by atoms with Crippen molar-refractivity contribution >= 4 is 35.8 Å². The number of piperidine rings is 1. The van der Waals surface area contributed by atoms with Gasteiger partial charge >= 0.3 is 0 Å². The van der Waals surface area contributed by atoms with E-state index in [0.717, 1.165) is 36.5 Å². The summed E-state index contributed by atoms with van der Waals surface area (Å²) in [5.74, 6) is -0.132. The third-order valence-electron chi connectivity index (χ3n) is 5.22. The van der Waals surface area contributed by atoms with Gasteiger partial charge in [0.05, 0.1) is 11.7 Å². The summed E-state index contributed by atoms with van der Waals surface area (Å²) in [7, 11) is 0. The van der Waals surface area contributed by atoms with Gasteiger partial charge in [-0.05, 0) is 50.4 Å². The molecule has 1 unspecified atom stereocenters. The minimum Gasteiger partial charge on any atom is -0.320 e. The van der Waals surface area contributed by atoms with E-state index >= 15 is 0 Å².